The molecule has 78 valence electrons. The van der Waals surface area contributed by atoms with E-state index in [-0.39, 0.29) is 5.69 Å². The van der Waals surface area contributed by atoms with Gasteiger partial charge in [0.05, 0.1) is 16.2 Å². The van der Waals surface area contributed by atoms with Crippen LogP contribution < -0.4 is 0 Å². The van der Waals surface area contributed by atoms with Crippen LogP contribution in [0.5, 0.6) is 0 Å². The molecule has 5 heteroatoms. The van der Waals surface area contributed by atoms with Crippen LogP contribution in [0, 0.1) is 28.9 Å². The number of aryl methyl sites for hydroxylation is 1. The molecule has 0 unspecified atom stereocenters. The number of rotatable bonds is 2. The third kappa shape index (κ3) is 3.22. The fourth-order valence-corrected chi connectivity index (χ4v) is 1.05. The van der Waals surface area contributed by atoms with E-state index in [0.29, 0.717) is 23.6 Å². The van der Waals surface area contributed by atoms with Gasteiger partial charge < -0.3 is 0 Å². The third-order valence-electron chi connectivity index (χ3n) is 1.73. The van der Waals surface area contributed by atoms with E-state index in [9.17, 15) is 10.1 Å². The van der Waals surface area contributed by atoms with Crippen LogP contribution in [-0.2, 0) is 0 Å². The summed E-state index contributed by atoms with van der Waals surface area (Å²) in [6.07, 6.45) is 1.78. The molecule has 1 aromatic rings. The van der Waals surface area contributed by atoms with Gasteiger partial charge in [-0.1, -0.05) is 11.8 Å². The summed E-state index contributed by atoms with van der Waals surface area (Å²) >= 11 is 5.46. The largest absolute Gasteiger partial charge is 0.288 e. The molecule has 1 rings (SSSR count). The zero-order valence-corrected chi connectivity index (χ0v) is 8.91. The van der Waals surface area contributed by atoms with Crippen molar-refractivity contribution in [2.24, 2.45) is 0 Å². The first-order chi connectivity index (χ1) is 7.15. The Morgan fingerprint density at radius 2 is 2.40 bits per heavy atom. The average molecular weight is 225 g/mol. The molecule has 0 saturated heterocycles. The standard InChI is InChI=1S/C10H9ClN2O2/c1-8-9(4-2-3-5-11)6-10(7-12-8)13(14)15/h6-7H,3,5H2,1H3. The zero-order chi connectivity index (χ0) is 11.3. The Bertz CT molecular complexity index is 435. The highest BCUT2D eigenvalue weighted by atomic mass is 35.5. The van der Waals surface area contributed by atoms with Gasteiger partial charge in [-0.25, -0.2) is 0 Å². The Labute approximate surface area is 92.4 Å². The van der Waals surface area contributed by atoms with Gasteiger partial charge in [-0.2, -0.15) is 0 Å². The monoisotopic (exact) mass is 224 g/mol. The molecule has 0 atom stereocenters. The lowest BCUT2D eigenvalue weighted by Gasteiger charge is -1.96. The molecular formula is C10H9ClN2O2. The minimum Gasteiger partial charge on any atom is -0.258 e. The van der Waals surface area contributed by atoms with E-state index in [1.807, 2.05) is 0 Å². The van der Waals surface area contributed by atoms with Crippen molar-refractivity contribution in [3.63, 3.8) is 0 Å². The summed E-state index contributed by atoms with van der Waals surface area (Å²) in [5.74, 6) is 6.07. The number of halogens is 1. The maximum atomic E-state index is 10.5. The quantitative estimate of drug-likeness (QED) is 0.335. The maximum absolute atomic E-state index is 10.5. The second kappa shape index (κ2) is 5.32. The molecule has 0 fully saturated rings. The van der Waals surface area contributed by atoms with Crippen molar-refractivity contribution in [3.05, 3.63) is 33.6 Å². The molecule has 0 spiro atoms. The van der Waals surface area contributed by atoms with Gasteiger partial charge in [-0.05, 0) is 6.92 Å². The van der Waals surface area contributed by atoms with Crippen molar-refractivity contribution in [3.8, 4) is 11.8 Å². The van der Waals surface area contributed by atoms with E-state index in [4.69, 9.17) is 11.6 Å². The maximum Gasteiger partial charge on any atom is 0.288 e. The molecule has 15 heavy (non-hydrogen) atoms. The number of nitro groups is 1. The summed E-state index contributed by atoms with van der Waals surface area (Å²) < 4.78 is 0. The molecular weight excluding hydrogens is 216 g/mol. The average Bonchev–Trinajstić information content (AvgIpc) is 2.20. The van der Waals surface area contributed by atoms with E-state index in [1.165, 1.54) is 12.3 Å². The number of nitrogens with zero attached hydrogens (tertiary/aromatic N) is 2. The van der Waals surface area contributed by atoms with Crippen molar-refractivity contribution < 1.29 is 4.92 Å². The number of aromatic nitrogens is 1. The molecule has 0 radical (unpaired) electrons. The summed E-state index contributed by atoms with van der Waals surface area (Å²) in [5.41, 5.74) is 1.22. The van der Waals surface area contributed by atoms with Crippen LogP contribution in [-0.4, -0.2) is 15.8 Å². The lowest BCUT2D eigenvalue weighted by molar-refractivity contribution is -0.385. The summed E-state index contributed by atoms with van der Waals surface area (Å²) in [6, 6.07) is 1.42. The van der Waals surface area contributed by atoms with Crippen molar-refractivity contribution in [1.82, 2.24) is 4.98 Å². The van der Waals surface area contributed by atoms with Gasteiger partial charge in [0.2, 0.25) is 0 Å². The number of alkyl halides is 1. The third-order valence-corrected chi connectivity index (χ3v) is 1.91. The molecule has 0 amide bonds. The summed E-state index contributed by atoms with van der Waals surface area (Å²) in [5, 5.41) is 10.5. The molecule has 1 aromatic heterocycles. The van der Waals surface area contributed by atoms with E-state index in [2.05, 4.69) is 16.8 Å². The Morgan fingerprint density at radius 3 is 3.00 bits per heavy atom. The number of hydrogen-bond acceptors (Lipinski definition) is 3. The van der Waals surface area contributed by atoms with E-state index in [1.54, 1.807) is 6.92 Å². The van der Waals surface area contributed by atoms with Crippen LogP contribution in [0.2, 0.25) is 0 Å². The fourth-order valence-electron chi connectivity index (χ4n) is 0.953. The molecule has 0 aromatic carbocycles. The van der Waals surface area contributed by atoms with Gasteiger partial charge in [0, 0.05) is 18.4 Å². The van der Waals surface area contributed by atoms with Gasteiger partial charge in [-0.3, -0.25) is 15.1 Å². The summed E-state index contributed by atoms with van der Waals surface area (Å²) in [4.78, 5) is 13.9. The topological polar surface area (TPSA) is 56.0 Å². The Kier molecular flexibility index (Phi) is 4.07. The lowest BCUT2D eigenvalue weighted by atomic mass is 10.2. The van der Waals surface area contributed by atoms with Gasteiger partial charge in [0.25, 0.3) is 5.69 Å². The highest BCUT2D eigenvalue weighted by Gasteiger charge is 2.07. The zero-order valence-electron chi connectivity index (χ0n) is 8.16. The molecule has 0 bridgehead atoms. The highest BCUT2D eigenvalue weighted by Crippen LogP contribution is 2.13. The van der Waals surface area contributed by atoms with E-state index < -0.39 is 4.92 Å². The van der Waals surface area contributed by atoms with Gasteiger partial charge >= 0.3 is 0 Å². The minimum absolute atomic E-state index is 0.0456. The van der Waals surface area contributed by atoms with E-state index in [0.717, 1.165) is 0 Å². The van der Waals surface area contributed by atoms with Crippen molar-refractivity contribution in [1.29, 1.82) is 0 Å². The smallest absolute Gasteiger partial charge is 0.258 e. The van der Waals surface area contributed by atoms with Crippen molar-refractivity contribution in [2.45, 2.75) is 13.3 Å². The highest BCUT2D eigenvalue weighted by molar-refractivity contribution is 6.18. The first-order valence-electron chi connectivity index (χ1n) is 4.31. The molecule has 0 aliphatic carbocycles. The summed E-state index contributed by atoms with van der Waals surface area (Å²) in [6.45, 7) is 1.76. The van der Waals surface area contributed by atoms with Gasteiger partial charge in [0.1, 0.15) is 6.20 Å². The lowest BCUT2D eigenvalue weighted by Crippen LogP contribution is -1.93. The Balaban J connectivity index is 3.02. The van der Waals surface area contributed by atoms with Crippen LogP contribution in [0.3, 0.4) is 0 Å². The minimum atomic E-state index is -0.487. The molecule has 0 aliphatic rings. The SMILES string of the molecule is Cc1ncc([N+](=O)[O-])cc1C#CCCCl. The number of pyridine rings is 1. The van der Waals surface area contributed by atoms with Crippen LogP contribution in [0.15, 0.2) is 12.3 Å². The van der Waals surface area contributed by atoms with Crippen LogP contribution in [0.25, 0.3) is 0 Å². The molecule has 4 nitrogen and oxygen atoms in total. The van der Waals surface area contributed by atoms with Crippen LogP contribution in [0.4, 0.5) is 5.69 Å². The first-order valence-corrected chi connectivity index (χ1v) is 4.84. The van der Waals surface area contributed by atoms with Crippen LogP contribution in [0.1, 0.15) is 17.7 Å². The normalized spacial score (nSPS) is 9.20. The van der Waals surface area contributed by atoms with E-state index >= 15 is 0 Å². The second-order valence-electron chi connectivity index (χ2n) is 2.82. The predicted molar refractivity (Wildman–Crippen MR) is 57.8 cm³/mol. The number of hydrogen-bond donors (Lipinski definition) is 0. The van der Waals surface area contributed by atoms with Crippen molar-refractivity contribution in [2.75, 3.05) is 5.88 Å². The Morgan fingerprint density at radius 1 is 1.67 bits per heavy atom. The summed E-state index contributed by atoms with van der Waals surface area (Å²) in [7, 11) is 0. The molecule has 0 N–H and O–H groups in total. The fraction of sp³-hybridized carbons (Fsp3) is 0.300. The first kappa shape index (κ1) is 11.5. The Hall–Kier alpha value is -1.60. The molecule has 0 aliphatic heterocycles. The van der Waals surface area contributed by atoms with Gasteiger partial charge in [0.15, 0.2) is 0 Å². The van der Waals surface area contributed by atoms with Crippen LogP contribution >= 0.6 is 11.6 Å². The predicted octanol–water partition coefficient (Wildman–Crippen LogP) is 2.28. The van der Waals surface area contributed by atoms with Crippen molar-refractivity contribution >= 4 is 17.3 Å². The second-order valence-corrected chi connectivity index (χ2v) is 3.20. The molecule has 0 saturated carbocycles. The molecule has 1 heterocycles. The van der Waals surface area contributed by atoms with Gasteiger partial charge in [-0.15, -0.1) is 11.6 Å².